The molecule has 0 aromatic heterocycles. The van der Waals surface area contributed by atoms with E-state index in [1.807, 2.05) is 0 Å². The zero-order valence-corrected chi connectivity index (χ0v) is 9.50. The highest BCUT2D eigenvalue weighted by Crippen LogP contribution is 2.38. The van der Waals surface area contributed by atoms with Crippen molar-refractivity contribution in [1.29, 1.82) is 0 Å². The van der Waals surface area contributed by atoms with Gasteiger partial charge < -0.3 is 0 Å². The largest absolute Gasteiger partial charge is 0.299 e. The van der Waals surface area contributed by atoms with Crippen molar-refractivity contribution in [3.63, 3.8) is 0 Å². The Kier molecular flexibility index (Phi) is 3.22. The summed E-state index contributed by atoms with van der Waals surface area (Å²) in [7, 11) is 0. The van der Waals surface area contributed by atoms with Crippen molar-refractivity contribution in [2.24, 2.45) is 17.8 Å². The van der Waals surface area contributed by atoms with Gasteiger partial charge in [-0.3, -0.25) is 9.59 Å². The zero-order valence-electron chi connectivity index (χ0n) is 9.50. The van der Waals surface area contributed by atoms with Crippen molar-refractivity contribution < 1.29 is 9.59 Å². The maximum Gasteiger partial charge on any atom is 0.146 e. The lowest BCUT2D eigenvalue weighted by Gasteiger charge is -2.27. The highest BCUT2D eigenvalue weighted by Gasteiger charge is 2.40. The summed E-state index contributed by atoms with van der Waals surface area (Å²) in [6.07, 6.45) is 6.92. The first-order valence-corrected chi connectivity index (χ1v) is 6.28. The average Bonchev–Trinajstić information content (AvgIpc) is 3.04. The first-order valence-electron chi connectivity index (χ1n) is 6.28. The van der Waals surface area contributed by atoms with Crippen LogP contribution in [0.1, 0.15) is 51.9 Å². The van der Waals surface area contributed by atoms with Crippen molar-refractivity contribution in [1.82, 2.24) is 0 Å². The van der Waals surface area contributed by atoms with Crippen molar-refractivity contribution in [3.8, 4) is 0 Å². The fraction of sp³-hybridized carbons (Fsp3) is 0.846. The van der Waals surface area contributed by atoms with Crippen molar-refractivity contribution in [2.75, 3.05) is 0 Å². The van der Waals surface area contributed by atoms with Gasteiger partial charge in [-0.2, -0.15) is 0 Å². The molecular formula is C13H20O2. The smallest absolute Gasteiger partial charge is 0.146 e. The number of carbonyl (C=O) groups is 2. The van der Waals surface area contributed by atoms with Gasteiger partial charge >= 0.3 is 0 Å². The highest BCUT2D eigenvalue weighted by molar-refractivity contribution is 6.04. The standard InChI is InChI=1S/C13H20O2/c1-2-3-9-4-7-12(14)11(8-9)13(15)10-5-6-10/h9-11H,2-8H2,1H3. The molecule has 0 aliphatic heterocycles. The molecule has 2 atom stereocenters. The van der Waals surface area contributed by atoms with Gasteiger partial charge in [0, 0.05) is 12.3 Å². The number of hydrogen-bond donors (Lipinski definition) is 0. The maximum atomic E-state index is 11.9. The number of ketones is 2. The predicted octanol–water partition coefficient (Wildman–Crippen LogP) is 2.75. The summed E-state index contributed by atoms with van der Waals surface area (Å²) in [6.45, 7) is 2.17. The zero-order chi connectivity index (χ0) is 10.8. The second-order valence-corrected chi connectivity index (χ2v) is 5.12. The molecule has 0 aromatic carbocycles. The lowest BCUT2D eigenvalue weighted by molar-refractivity contribution is -0.136. The number of hydrogen-bond acceptors (Lipinski definition) is 2. The molecule has 84 valence electrons. The van der Waals surface area contributed by atoms with E-state index in [1.54, 1.807) is 0 Å². The second-order valence-electron chi connectivity index (χ2n) is 5.12. The molecule has 0 spiro atoms. The van der Waals surface area contributed by atoms with Gasteiger partial charge in [-0.15, -0.1) is 0 Å². The molecule has 2 saturated carbocycles. The van der Waals surface area contributed by atoms with Crippen LogP contribution in [0.5, 0.6) is 0 Å². The van der Waals surface area contributed by atoms with Gasteiger partial charge in [-0.05, 0) is 31.6 Å². The predicted molar refractivity (Wildman–Crippen MR) is 58.5 cm³/mol. The van der Waals surface area contributed by atoms with Crippen LogP contribution in [0.4, 0.5) is 0 Å². The average molecular weight is 208 g/mol. The van der Waals surface area contributed by atoms with Crippen LogP contribution in [-0.4, -0.2) is 11.6 Å². The summed E-state index contributed by atoms with van der Waals surface area (Å²) in [6, 6.07) is 0. The van der Waals surface area contributed by atoms with Crippen LogP contribution in [0.15, 0.2) is 0 Å². The molecular weight excluding hydrogens is 188 g/mol. The lowest BCUT2D eigenvalue weighted by atomic mass is 9.76. The minimum Gasteiger partial charge on any atom is -0.299 e. The molecule has 0 bridgehead atoms. The fourth-order valence-corrected chi connectivity index (χ4v) is 2.70. The summed E-state index contributed by atoms with van der Waals surface area (Å²) >= 11 is 0. The van der Waals surface area contributed by atoms with Gasteiger partial charge in [-0.25, -0.2) is 0 Å². The molecule has 15 heavy (non-hydrogen) atoms. The third-order valence-corrected chi connectivity index (χ3v) is 3.78. The highest BCUT2D eigenvalue weighted by atomic mass is 16.2. The molecule has 0 amide bonds. The Morgan fingerprint density at radius 2 is 2.07 bits per heavy atom. The van der Waals surface area contributed by atoms with Crippen molar-refractivity contribution in [2.45, 2.75) is 51.9 Å². The van der Waals surface area contributed by atoms with Gasteiger partial charge in [0.15, 0.2) is 0 Å². The van der Waals surface area contributed by atoms with E-state index in [0.29, 0.717) is 12.3 Å². The number of carbonyl (C=O) groups excluding carboxylic acids is 2. The normalized spacial score (nSPS) is 31.7. The SMILES string of the molecule is CCCC1CCC(=O)C(C(=O)C2CC2)C1. The van der Waals surface area contributed by atoms with Crippen LogP contribution in [-0.2, 0) is 9.59 Å². The van der Waals surface area contributed by atoms with Gasteiger partial charge in [0.05, 0.1) is 5.92 Å². The minimum atomic E-state index is -0.220. The molecule has 0 heterocycles. The molecule has 0 saturated heterocycles. The molecule has 0 radical (unpaired) electrons. The Bertz CT molecular complexity index is 266. The molecule has 2 nitrogen and oxygen atoms in total. The first kappa shape index (κ1) is 10.8. The molecule has 2 heteroatoms. The van der Waals surface area contributed by atoms with E-state index in [1.165, 1.54) is 12.8 Å². The minimum absolute atomic E-state index is 0.220. The molecule has 0 N–H and O–H groups in total. The van der Waals surface area contributed by atoms with Crippen LogP contribution in [0, 0.1) is 17.8 Å². The summed E-state index contributed by atoms with van der Waals surface area (Å²) < 4.78 is 0. The van der Waals surface area contributed by atoms with Crippen molar-refractivity contribution >= 4 is 11.6 Å². The van der Waals surface area contributed by atoms with Crippen molar-refractivity contribution in [3.05, 3.63) is 0 Å². The maximum absolute atomic E-state index is 11.9. The third-order valence-electron chi connectivity index (χ3n) is 3.78. The Labute approximate surface area is 91.4 Å². The van der Waals surface area contributed by atoms with Crippen LogP contribution >= 0.6 is 0 Å². The summed E-state index contributed by atoms with van der Waals surface area (Å²) in [4.78, 5) is 23.6. The van der Waals surface area contributed by atoms with E-state index in [-0.39, 0.29) is 23.4 Å². The van der Waals surface area contributed by atoms with Gasteiger partial charge in [0.1, 0.15) is 11.6 Å². The fourth-order valence-electron chi connectivity index (χ4n) is 2.70. The molecule has 2 aliphatic carbocycles. The van der Waals surface area contributed by atoms with Crippen LogP contribution in [0.3, 0.4) is 0 Å². The molecule has 0 aromatic rings. The van der Waals surface area contributed by atoms with Crippen LogP contribution < -0.4 is 0 Å². The van der Waals surface area contributed by atoms with E-state index < -0.39 is 0 Å². The Morgan fingerprint density at radius 1 is 1.33 bits per heavy atom. The second kappa shape index (κ2) is 4.46. The van der Waals surface area contributed by atoms with E-state index >= 15 is 0 Å². The lowest BCUT2D eigenvalue weighted by Crippen LogP contribution is -2.32. The summed E-state index contributed by atoms with van der Waals surface area (Å²) in [5, 5.41) is 0. The monoisotopic (exact) mass is 208 g/mol. The quantitative estimate of drug-likeness (QED) is 0.666. The van der Waals surface area contributed by atoms with Gasteiger partial charge in [0.25, 0.3) is 0 Å². The molecule has 2 aliphatic rings. The summed E-state index contributed by atoms with van der Waals surface area (Å²) in [5.74, 6) is 1.14. The topological polar surface area (TPSA) is 34.1 Å². The van der Waals surface area contributed by atoms with E-state index in [2.05, 4.69) is 6.92 Å². The summed E-state index contributed by atoms with van der Waals surface area (Å²) in [5.41, 5.74) is 0. The Balaban J connectivity index is 1.95. The van der Waals surface area contributed by atoms with Gasteiger partial charge in [-0.1, -0.05) is 19.8 Å². The Morgan fingerprint density at radius 3 is 2.67 bits per heavy atom. The van der Waals surface area contributed by atoms with Crippen LogP contribution in [0.25, 0.3) is 0 Å². The van der Waals surface area contributed by atoms with Gasteiger partial charge in [0.2, 0.25) is 0 Å². The van der Waals surface area contributed by atoms with E-state index in [4.69, 9.17) is 0 Å². The van der Waals surface area contributed by atoms with E-state index in [9.17, 15) is 9.59 Å². The molecule has 2 fully saturated rings. The Hall–Kier alpha value is -0.660. The first-order chi connectivity index (χ1) is 7.22. The number of Topliss-reactive ketones (excluding diaryl/α,β-unsaturated/α-hetero) is 2. The molecule has 2 rings (SSSR count). The number of rotatable bonds is 4. The third kappa shape index (κ3) is 2.47. The molecule has 2 unspecified atom stereocenters. The van der Waals surface area contributed by atoms with Crippen LogP contribution in [0.2, 0.25) is 0 Å². The van der Waals surface area contributed by atoms with E-state index in [0.717, 1.165) is 25.7 Å².